The van der Waals surface area contributed by atoms with Crippen LogP contribution < -0.4 is 10.6 Å². The average Bonchev–Trinajstić information content (AvgIpc) is 3.28. The van der Waals surface area contributed by atoms with Gasteiger partial charge in [-0.05, 0) is 38.5 Å². The fraction of sp³-hybridized carbons (Fsp3) is 0.833. The molecular weight excluding hydrogens is 443 g/mol. The second-order valence-corrected chi connectivity index (χ2v) is 7.30. The smallest absolute Gasteiger partial charge is 0.191 e. The Morgan fingerprint density at radius 3 is 2.46 bits per heavy atom. The number of nitrogens with zero attached hydrogens (tertiary/aromatic N) is 4. The van der Waals surface area contributed by atoms with Gasteiger partial charge in [-0.3, -0.25) is 4.99 Å². The topological polar surface area (TPSA) is 87.4 Å². The molecule has 8 heteroatoms. The largest absolute Gasteiger partial charge is 0.393 e. The van der Waals surface area contributed by atoms with Gasteiger partial charge in [-0.25, -0.2) is 0 Å². The predicted octanol–water partition coefficient (Wildman–Crippen LogP) is 2.24. The van der Waals surface area contributed by atoms with Crippen LogP contribution in [0.5, 0.6) is 0 Å². The number of hydrogen-bond donors (Lipinski definition) is 3. The molecule has 0 saturated heterocycles. The first-order chi connectivity index (χ1) is 12.2. The van der Waals surface area contributed by atoms with Crippen LogP contribution >= 0.6 is 24.0 Å². The number of halogens is 1. The van der Waals surface area contributed by atoms with E-state index in [4.69, 9.17) is 4.99 Å². The summed E-state index contributed by atoms with van der Waals surface area (Å²) >= 11 is 0. The predicted molar refractivity (Wildman–Crippen MR) is 114 cm³/mol. The number of aliphatic hydroxyl groups is 1. The Morgan fingerprint density at radius 2 is 1.81 bits per heavy atom. The maximum absolute atomic E-state index is 9.70. The third-order valence-electron chi connectivity index (χ3n) is 5.36. The standard InChI is InChI=1S/C18H32N6O.HI/c1-2-17-23-20-13-24(17)12-11-19-18(21-14-5-3-4-6-14)22-15-7-9-16(25)10-8-15;/h13-16,25H,2-12H2,1H3,(H2,19,21,22);1H. The van der Waals surface area contributed by atoms with E-state index in [2.05, 4.69) is 32.3 Å². The van der Waals surface area contributed by atoms with Crippen molar-refractivity contribution in [1.29, 1.82) is 0 Å². The van der Waals surface area contributed by atoms with E-state index in [1.807, 2.05) is 0 Å². The Balaban J connectivity index is 0.00000243. The molecule has 0 spiro atoms. The van der Waals surface area contributed by atoms with E-state index in [-0.39, 0.29) is 30.1 Å². The van der Waals surface area contributed by atoms with Crippen LogP contribution in [0.4, 0.5) is 0 Å². The molecule has 1 heterocycles. The van der Waals surface area contributed by atoms with Crippen molar-refractivity contribution in [2.24, 2.45) is 4.99 Å². The number of rotatable bonds is 6. The van der Waals surface area contributed by atoms with Gasteiger partial charge in [0.25, 0.3) is 0 Å². The highest BCUT2D eigenvalue weighted by Gasteiger charge is 2.22. The van der Waals surface area contributed by atoms with Crippen molar-refractivity contribution in [3.63, 3.8) is 0 Å². The molecule has 0 amide bonds. The minimum Gasteiger partial charge on any atom is -0.393 e. The highest BCUT2D eigenvalue weighted by molar-refractivity contribution is 14.0. The first kappa shape index (κ1) is 21.4. The summed E-state index contributed by atoms with van der Waals surface area (Å²) in [5.41, 5.74) is 0. The van der Waals surface area contributed by atoms with E-state index in [0.717, 1.165) is 50.4 Å². The van der Waals surface area contributed by atoms with Crippen LogP contribution in [-0.4, -0.2) is 50.6 Å². The molecule has 2 aliphatic carbocycles. The molecule has 3 rings (SSSR count). The summed E-state index contributed by atoms with van der Waals surface area (Å²) in [5, 5.41) is 25.0. The molecule has 1 aromatic heterocycles. The maximum atomic E-state index is 9.70. The zero-order chi connectivity index (χ0) is 17.5. The molecule has 0 bridgehead atoms. The summed E-state index contributed by atoms with van der Waals surface area (Å²) in [6.45, 7) is 3.61. The van der Waals surface area contributed by atoms with Crippen LogP contribution in [0.15, 0.2) is 11.3 Å². The quantitative estimate of drug-likeness (QED) is 0.333. The van der Waals surface area contributed by atoms with Crippen molar-refractivity contribution < 1.29 is 5.11 Å². The number of nitrogens with one attached hydrogen (secondary N) is 2. The Hall–Kier alpha value is -0.900. The number of hydrogen-bond acceptors (Lipinski definition) is 4. The van der Waals surface area contributed by atoms with E-state index in [1.54, 1.807) is 6.33 Å². The summed E-state index contributed by atoms with van der Waals surface area (Å²) in [6.07, 6.45) is 11.4. The van der Waals surface area contributed by atoms with Gasteiger partial charge in [-0.15, -0.1) is 34.2 Å². The van der Waals surface area contributed by atoms with Crippen molar-refractivity contribution in [2.45, 2.75) is 89.4 Å². The first-order valence-electron chi connectivity index (χ1n) is 9.87. The van der Waals surface area contributed by atoms with Crippen LogP contribution in [-0.2, 0) is 13.0 Å². The van der Waals surface area contributed by atoms with Crippen molar-refractivity contribution in [3.05, 3.63) is 12.2 Å². The monoisotopic (exact) mass is 476 g/mol. The van der Waals surface area contributed by atoms with Gasteiger partial charge in [0.15, 0.2) is 5.96 Å². The fourth-order valence-electron chi connectivity index (χ4n) is 3.82. The zero-order valence-corrected chi connectivity index (χ0v) is 18.1. The van der Waals surface area contributed by atoms with Crippen molar-refractivity contribution in [3.8, 4) is 0 Å². The molecule has 0 aliphatic heterocycles. The van der Waals surface area contributed by atoms with E-state index in [1.165, 1.54) is 25.7 Å². The van der Waals surface area contributed by atoms with Gasteiger partial charge in [-0.1, -0.05) is 19.8 Å². The lowest BCUT2D eigenvalue weighted by atomic mass is 9.93. The number of aliphatic hydroxyl groups excluding tert-OH is 1. The summed E-state index contributed by atoms with van der Waals surface area (Å²) in [6, 6.07) is 0.957. The Bertz CT molecular complexity index is 550. The molecule has 0 atom stereocenters. The molecule has 148 valence electrons. The van der Waals surface area contributed by atoms with Gasteiger partial charge in [0.05, 0.1) is 12.6 Å². The first-order valence-corrected chi connectivity index (χ1v) is 9.87. The highest BCUT2D eigenvalue weighted by atomic mass is 127. The van der Waals surface area contributed by atoms with Gasteiger partial charge in [-0.2, -0.15) is 0 Å². The summed E-state index contributed by atoms with van der Waals surface area (Å²) < 4.78 is 2.08. The second-order valence-electron chi connectivity index (χ2n) is 7.30. The molecule has 2 fully saturated rings. The second kappa shape index (κ2) is 11.1. The molecular formula is C18H33IN6O. The Kier molecular flexibility index (Phi) is 9.10. The lowest BCUT2D eigenvalue weighted by Crippen LogP contribution is -2.48. The van der Waals surface area contributed by atoms with Crippen LogP contribution in [0.2, 0.25) is 0 Å². The number of aliphatic imine (C=N–C) groups is 1. The van der Waals surface area contributed by atoms with E-state index in [0.29, 0.717) is 18.6 Å². The molecule has 0 unspecified atom stereocenters. The fourth-order valence-corrected chi connectivity index (χ4v) is 3.82. The number of guanidine groups is 1. The average molecular weight is 476 g/mol. The molecule has 2 saturated carbocycles. The van der Waals surface area contributed by atoms with Gasteiger partial charge in [0.2, 0.25) is 0 Å². The van der Waals surface area contributed by atoms with Gasteiger partial charge < -0.3 is 20.3 Å². The van der Waals surface area contributed by atoms with E-state index in [9.17, 15) is 5.11 Å². The molecule has 0 radical (unpaired) electrons. The molecule has 26 heavy (non-hydrogen) atoms. The Morgan fingerprint density at radius 1 is 1.15 bits per heavy atom. The summed E-state index contributed by atoms with van der Waals surface area (Å²) in [4.78, 5) is 4.81. The third-order valence-corrected chi connectivity index (χ3v) is 5.36. The Labute approximate surface area is 173 Å². The van der Waals surface area contributed by atoms with E-state index >= 15 is 0 Å². The lowest BCUT2D eigenvalue weighted by Gasteiger charge is -2.28. The van der Waals surface area contributed by atoms with Crippen LogP contribution in [0, 0.1) is 0 Å². The van der Waals surface area contributed by atoms with Crippen molar-refractivity contribution in [2.75, 3.05) is 6.54 Å². The maximum Gasteiger partial charge on any atom is 0.191 e. The minimum absolute atomic E-state index is 0. The number of aromatic nitrogens is 3. The SMILES string of the molecule is CCc1nncn1CCN=C(NC1CCCC1)NC1CCC(O)CC1.I. The lowest BCUT2D eigenvalue weighted by molar-refractivity contribution is 0.120. The molecule has 2 aliphatic rings. The molecule has 0 aromatic carbocycles. The van der Waals surface area contributed by atoms with Gasteiger partial charge >= 0.3 is 0 Å². The van der Waals surface area contributed by atoms with Crippen LogP contribution in [0.3, 0.4) is 0 Å². The van der Waals surface area contributed by atoms with Crippen molar-refractivity contribution >= 4 is 29.9 Å². The van der Waals surface area contributed by atoms with Crippen molar-refractivity contribution in [1.82, 2.24) is 25.4 Å². The van der Waals surface area contributed by atoms with Gasteiger partial charge in [0.1, 0.15) is 12.2 Å². The van der Waals surface area contributed by atoms with Crippen LogP contribution in [0.25, 0.3) is 0 Å². The van der Waals surface area contributed by atoms with Gasteiger partial charge in [0, 0.05) is 25.0 Å². The normalized spacial score (nSPS) is 24.3. The molecule has 1 aromatic rings. The summed E-state index contributed by atoms with van der Waals surface area (Å²) in [5.74, 6) is 1.94. The molecule has 3 N–H and O–H groups in total. The van der Waals surface area contributed by atoms with E-state index < -0.39 is 0 Å². The highest BCUT2D eigenvalue weighted by Crippen LogP contribution is 2.19. The third kappa shape index (κ3) is 6.37. The summed E-state index contributed by atoms with van der Waals surface area (Å²) in [7, 11) is 0. The number of aryl methyl sites for hydroxylation is 1. The van der Waals surface area contributed by atoms with Crippen LogP contribution in [0.1, 0.15) is 64.1 Å². The minimum atomic E-state index is -0.123. The molecule has 7 nitrogen and oxygen atoms in total. The zero-order valence-electron chi connectivity index (χ0n) is 15.7.